The fourth-order valence-corrected chi connectivity index (χ4v) is 1.82. The summed E-state index contributed by atoms with van der Waals surface area (Å²) < 4.78 is 9.81. The maximum atomic E-state index is 11.4. The average Bonchev–Trinajstić information content (AvgIpc) is 2.54. The zero-order valence-corrected chi connectivity index (χ0v) is 14.2. The van der Waals surface area contributed by atoms with Crippen molar-refractivity contribution in [3.63, 3.8) is 0 Å². The molecule has 1 unspecified atom stereocenters. The molecule has 1 atom stereocenters. The minimum Gasteiger partial charge on any atom is -0.466 e. The van der Waals surface area contributed by atoms with Gasteiger partial charge in [-0.25, -0.2) is 0 Å². The van der Waals surface area contributed by atoms with Gasteiger partial charge < -0.3 is 9.47 Å². The van der Waals surface area contributed by atoms with E-state index in [1.54, 1.807) is 31.2 Å². The van der Waals surface area contributed by atoms with Crippen molar-refractivity contribution >= 4 is 23.4 Å². The van der Waals surface area contributed by atoms with E-state index in [-0.39, 0.29) is 24.8 Å². The summed E-state index contributed by atoms with van der Waals surface area (Å²) in [5.41, 5.74) is 1.16. The number of carbonyl (C=O) groups excluding carboxylic acids is 3. The molecule has 0 aliphatic rings. The van der Waals surface area contributed by atoms with Crippen molar-refractivity contribution in [2.24, 2.45) is 10.2 Å². The number of ether oxygens (including phenoxy) is 2. The number of esters is 2. The number of hydrogen-bond donors (Lipinski definition) is 0. The maximum Gasteiger partial charge on any atom is 0.305 e. The van der Waals surface area contributed by atoms with Gasteiger partial charge in [0.2, 0.25) is 0 Å². The second-order valence-corrected chi connectivity index (χ2v) is 5.12. The highest BCUT2D eigenvalue weighted by Crippen LogP contribution is 2.16. The van der Waals surface area contributed by atoms with Crippen LogP contribution in [0.25, 0.3) is 0 Å². The van der Waals surface area contributed by atoms with Crippen molar-refractivity contribution in [2.45, 2.75) is 39.7 Å². The van der Waals surface area contributed by atoms with E-state index in [0.29, 0.717) is 24.3 Å². The number of benzene rings is 1. The first-order valence-corrected chi connectivity index (χ1v) is 7.73. The maximum absolute atomic E-state index is 11.4. The van der Waals surface area contributed by atoms with E-state index in [1.807, 2.05) is 0 Å². The Labute approximate surface area is 141 Å². The lowest BCUT2D eigenvalue weighted by Crippen LogP contribution is -2.17. The summed E-state index contributed by atoms with van der Waals surface area (Å²) in [6.07, 6.45) is 0.531. The number of azo groups is 1. The summed E-state index contributed by atoms with van der Waals surface area (Å²) in [5, 5.41) is 8.21. The molecule has 0 bridgehead atoms. The van der Waals surface area contributed by atoms with Gasteiger partial charge in [0.15, 0.2) is 5.78 Å². The van der Waals surface area contributed by atoms with Crippen LogP contribution in [0.5, 0.6) is 0 Å². The predicted octanol–water partition coefficient (Wildman–Crippen LogP) is 3.25. The van der Waals surface area contributed by atoms with E-state index in [2.05, 4.69) is 10.2 Å². The van der Waals surface area contributed by atoms with Gasteiger partial charge in [0.05, 0.1) is 12.3 Å². The van der Waals surface area contributed by atoms with Crippen molar-refractivity contribution in [3.05, 3.63) is 29.8 Å². The molecule has 0 aliphatic carbocycles. The van der Waals surface area contributed by atoms with Gasteiger partial charge in [-0.15, -0.1) is 0 Å². The van der Waals surface area contributed by atoms with E-state index < -0.39 is 12.0 Å². The lowest BCUT2D eigenvalue weighted by atomic mass is 10.1. The molecule has 0 heterocycles. The fourth-order valence-electron chi connectivity index (χ4n) is 1.82. The SMILES string of the molecule is CCOC(=O)CCC(COC(C)=O)N=Nc1ccc(C(C)=O)cc1. The number of carbonyl (C=O) groups is 3. The number of Topliss-reactive ketones (excluding diaryl/α,β-unsaturated/α-hetero) is 1. The molecular weight excluding hydrogens is 312 g/mol. The molecule has 0 fully saturated rings. The van der Waals surface area contributed by atoms with E-state index in [0.717, 1.165) is 0 Å². The Morgan fingerprint density at radius 1 is 1.08 bits per heavy atom. The molecular formula is C17H22N2O5. The molecule has 7 heteroatoms. The molecule has 0 saturated heterocycles. The molecule has 130 valence electrons. The van der Waals surface area contributed by atoms with Crippen LogP contribution in [0.1, 0.15) is 44.0 Å². The summed E-state index contributed by atoms with van der Waals surface area (Å²) in [6, 6.07) is 6.24. The summed E-state index contributed by atoms with van der Waals surface area (Å²) in [7, 11) is 0. The van der Waals surface area contributed by atoms with Crippen LogP contribution in [0.3, 0.4) is 0 Å². The first-order valence-electron chi connectivity index (χ1n) is 7.73. The minimum atomic E-state index is -0.439. The first kappa shape index (κ1) is 19.5. The van der Waals surface area contributed by atoms with Crippen LogP contribution in [0.2, 0.25) is 0 Å². The summed E-state index contributed by atoms with van der Waals surface area (Å²) >= 11 is 0. The highest BCUT2D eigenvalue weighted by molar-refractivity contribution is 5.94. The molecule has 24 heavy (non-hydrogen) atoms. The molecule has 0 amide bonds. The average molecular weight is 334 g/mol. The Bertz CT molecular complexity index is 596. The molecule has 0 aromatic heterocycles. The quantitative estimate of drug-likeness (QED) is 0.392. The molecule has 0 spiro atoms. The van der Waals surface area contributed by atoms with Crippen molar-refractivity contribution in [3.8, 4) is 0 Å². The van der Waals surface area contributed by atoms with Gasteiger partial charge in [-0.05, 0) is 44.5 Å². The second-order valence-electron chi connectivity index (χ2n) is 5.12. The van der Waals surface area contributed by atoms with E-state index in [9.17, 15) is 14.4 Å². The van der Waals surface area contributed by atoms with E-state index in [1.165, 1.54) is 13.8 Å². The fraction of sp³-hybridized carbons (Fsp3) is 0.471. The Kier molecular flexibility index (Phi) is 8.32. The van der Waals surface area contributed by atoms with Crippen LogP contribution in [-0.2, 0) is 19.1 Å². The van der Waals surface area contributed by atoms with Gasteiger partial charge in [0.25, 0.3) is 0 Å². The minimum absolute atomic E-state index is 0.0272. The number of hydrogen-bond acceptors (Lipinski definition) is 7. The Morgan fingerprint density at radius 3 is 2.29 bits per heavy atom. The van der Waals surface area contributed by atoms with Crippen molar-refractivity contribution in [2.75, 3.05) is 13.2 Å². The topological polar surface area (TPSA) is 94.4 Å². The Balaban J connectivity index is 2.68. The molecule has 1 aromatic rings. The molecule has 1 aromatic carbocycles. The lowest BCUT2D eigenvalue weighted by Gasteiger charge is -2.10. The predicted molar refractivity (Wildman–Crippen MR) is 87.3 cm³/mol. The second kappa shape index (κ2) is 10.3. The van der Waals surface area contributed by atoms with Gasteiger partial charge in [0.1, 0.15) is 12.6 Å². The van der Waals surface area contributed by atoms with Crippen LogP contribution in [0.4, 0.5) is 5.69 Å². The molecule has 0 N–H and O–H groups in total. The van der Waals surface area contributed by atoms with E-state index in [4.69, 9.17) is 9.47 Å². The van der Waals surface area contributed by atoms with Gasteiger partial charge >= 0.3 is 11.9 Å². The zero-order chi connectivity index (χ0) is 17.9. The summed E-state index contributed by atoms with van der Waals surface area (Å²) in [6.45, 7) is 4.89. The van der Waals surface area contributed by atoms with Crippen molar-refractivity contribution in [1.29, 1.82) is 0 Å². The van der Waals surface area contributed by atoms with Gasteiger partial charge in [-0.3, -0.25) is 14.4 Å². The smallest absolute Gasteiger partial charge is 0.305 e. The number of ketones is 1. The van der Waals surface area contributed by atoms with Crippen LogP contribution in [-0.4, -0.2) is 37.0 Å². The van der Waals surface area contributed by atoms with E-state index >= 15 is 0 Å². The lowest BCUT2D eigenvalue weighted by molar-refractivity contribution is -0.143. The molecule has 1 rings (SSSR count). The highest BCUT2D eigenvalue weighted by atomic mass is 16.5. The van der Waals surface area contributed by atoms with Gasteiger partial charge in [-0.2, -0.15) is 10.2 Å². The standard InChI is InChI=1S/C17H22N2O5/c1-4-23-17(22)10-9-16(11-24-13(3)21)19-18-15-7-5-14(6-8-15)12(2)20/h5-8,16H,4,9-11H2,1-3H3. The van der Waals surface area contributed by atoms with Crippen LogP contribution >= 0.6 is 0 Å². The highest BCUT2D eigenvalue weighted by Gasteiger charge is 2.13. The Morgan fingerprint density at radius 2 is 1.75 bits per heavy atom. The Hall–Kier alpha value is -2.57. The number of rotatable bonds is 9. The van der Waals surface area contributed by atoms with Crippen LogP contribution < -0.4 is 0 Å². The van der Waals surface area contributed by atoms with Crippen LogP contribution in [0, 0.1) is 0 Å². The van der Waals surface area contributed by atoms with Crippen molar-refractivity contribution in [1.82, 2.24) is 0 Å². The normalized spacial score (nSPS) is 12.0. The van der Waals surface area contributed by atoms with Gasteiger partial charge in [0, 0.05) is 18.9 Å². The molecule has 7 nitrogen and oxygen atoms in total. The molecule has 0 aliphatic heterocycles. The third-order valence-electron chi connectivity index (χ3n) is 3.08. The monoisotopic (exact) mass is 334 g/mol. The van der Waals surface area contributed by atoms with Gasteiger partial charge in [-0.1, -0.05) is 0 Å². The first-order chi connectivity index (χ1) is 11.4. The third-order valence-corrected chi connectivity index (χ3v) is 3.08. The molecule has 0 saturated carbocycles. The summed E-state index contributed by atoms with van der Waals surface area (Å²) in [5.74, 6) is -0.774. The molecule has 0 radical (unpaired) electrons. The summed E-state index contributed by atoms with van der Waals surface area (Å²) in [4.78, 5) is 33.6. The zero-order valence-electron chi connectivity index (χ0n) is 14.2. The van der Waals surface area contributed by atoms with Crippen LogP contribution in [0.15, 0.2) is 34.5 Å². The largest absolute Gasteiger partial charge is 0.466 e. The third kappa shape index (κ3) is 7.62. The van der Waals surface area contributed by atoms with Crippen molar-refractivity contribution < 1.29 is 23.9 Å². The number of nitrogens with zero attached hydrogens (tertiary/aromatic N) is 2.